The zero-order chi connectivity index (χ0) is 26.1. The Hall–Kier alpha value is -1.55. The number of carbonyl (C=O) groups is 3. The van der Waals surface area contributed by atoms with E-state index in [1.807, 2.05) is 6.26 Å². The van der Waals surface area contributed by atoms with Gasteiger partial charge in [-0.05, 0) is 61.0 Å². The largest absolute Gasteiger partial charge is 0.425 e. The van der Waals surface area contributed by atoms with Crippen LogP contribution in [-0.4, -0.2) is 53.0 Å². The zero-order valence-corrected chi connectivity index (χ0v) is 23.3. The molecule has 1 saturated carbocycles. The molecule has 4 atom stereocenters. The van der Waals surface area contributed by atoms with E-state index in [9.17, 15) is 14.4 Å². The third-order valence-electron chi connectivity index (χ3n) is 7.12. The van der Waals surface area contributed by atoms with Gasteiger partial charge in [-0.1, -0.05) is 46.0 Å². The Morgan fingerprint density at radius 1 is 1.14 bits per heavy atom. The highest BCUT2D eigenvalue weighted by Gasteiger charge is 2.39. The molecule has 4 unspecified atom stereocenters. The van der Waals surface area contributed by atoms with Crippen molar-refractivity contribution < 1.29 is 19.1 Å². The Labute approximate surface area is 223 Å². The van der Waals surface area contributed by atoms with Gasteiger partial charge < -0.3 is 15.8 Å². The number of rotatable bonds is 12. The first-order chi connectivity index (χ1) is 17.3. The normalized spacial score (nSPS) is 23.8. The van der Waals surface area contributed by atoms with Gasteiger partial charge in [-0.3, -0.25) is 14.9 Å². The molecule has 1 amide bonds. The SMILES string of the molecule is CSCCC(N)C(=O)Oc1ccc(C(=O)CSC2NC(=O)C(C(C)C)C(CC3CCCCC3)N2)cc1. The topological polar surface area (TPSA) is 111 Å². The number of hydrogen-bond acceptors (Lipinski definition) is 8. The van der Waals surface area contributed by atoms with Crippen molar-refractivity contribution in [2.24, 2.45) is 23.5 Å². The summed E-state index contributed by atoms with van der Waals surface area (Å²) in [6.07, 6.45) is 9.91. The minimum atomic E-state index is -0.661. The molecular weight excluding hydrogens is 494 g/mol. The van der Waals surface area contributed by atoms with Crippen LogP contribution in [0.15, 0.2) is 24.3 Å². The van der Waals surface area contributed by atoms with Crippen molar-refractivity contribution in [1.82, 2.24) is 10.6 Å². The van der Waals surface area contributed by atoms with Crippen LogP contribution in [0.1, 0.15) is 69.2 Å². The third-order valence-corrected chi connectivity index (χ3v) is 8.78. The van der Waals surface area contributed by atoms with Crippen LogP contribution in [-0.2, 0) is 9.59 Å². The number of thioether (sulfide) groups is 2. The molecule has 1 aliphatic carbocycles. The Morgan fingerprint density at radius 3 is 2.47 bits per heavy atom. The number of ether oxygens (including phenoxy) is 1. The molecule has 2 fully saturated rings. The molecule has 1 saturated heterocycles. The smallest absolute Gasteiger partial charge is 0.328 e. The van der Waals surface area contributed by atoms with E-state index in [1.54, 1.807) is 36.0 Å². The molecule has 0 radical (unpaired) electrons. The van der Waals surface area contributed by atoms with Crippen molar-refractivity contribution in [2.45, 2.75) is 76.4 Å². The molecule has 0 spiro atoms. The summed E-state index contributed by atoms with van der Waals surface area (Å²) < 4.78 is 5.33. The molecule has 0 bridgehead atoms. The highest BCUT2D eigenvalue weighted by molar-refractivity contribution is 8.00. The van der Waals surface area contributed by atoms with Crippen molar-refractivity contribution >= 4 is 41.2 Å². The number of ketones is 1. The van der Waals surface area contributed by atoms with E-state index in [0.717, 1.165) is 12.2 Å². The van der Waals surface area contributed by atoms with Crippen molar-refractivity contribution in [3.05, 3.63) is 29.8 Å². The summed E-state index contributed by atoms with van der Waals surface area (Å²) in [4.78, 5) is 37.8. The average molecular weight is 536 g/mol. The molecular formula is C27H41N3O4S2. The van der Waals surface area contributed by atoms with Crippen molar-refractivity contribution in [2.75, 3.05) is 17.8 Å². The van der Waals surface area contributed by atoms with Crippen LogP contribution in [0.2, 0.25) is 0 Å². The summed E-state index contributed by atoms with van der Waals surface area (Å²) >= 11 is 3.04. The quantitative estimate of drug-likeness (QED) is 0.207. The number of amides is 1. The second-order valence-corrected chi connectivity index (χ2v) is 12.3. The van der Waals surface area contributed by atoms with E-state index in [0.29, 0.717) is 23.7 Å². The maximum absolute atomic E-state index is 12.9. The molecule has 1 aromatic rings. The van der Waals surface area contributed by atoms with Crippen LogP contribution in [0.25, 0.3) is 0 Å². The van der Waals surface area contributed by atoms with Gasteiger partial charge in [0.1, 0.15) is 17.3 Å². The average Bonchev–Trinajstić information content (AvgIpc) is 2.86. The van der Waals surface area contributed by atoms with E-state index >= 15 is 0 Å². The summed E-state index contributed by atoms with van der Waals surface area (Å²) in [5.41, 5.74) is 6.11. The standard InChI is InChI=1S/C27H41N3O4S2/c1-17(2)24-22(15-18-7-5-4-6-8-18)29-27(30-25(24)32)36-16-23(31)19-9-11-20(12-10-19)34-26(33)21(28)13-14-35-3/h9-12,17-18,21-22,24,27,29H,4-8,13-16,28H2,1-3H3,(H,30,32). The minimum Gasteiger partial charge on any atom is -0.425 e. The van der Waals surface area contributed by atoms with Gasteiger partial charge in [0.2, 0.25) is 5.91 Å². The number of benzene rings is 1. The van der Waals surface area contributed by atoms with E-state index in [-0.39, 0.29) is 40.8 Å². The first-order valence-corrected chi connectivity index (χ1v) is 15.5. The maximum Gasteiger partial charge on any atom is 0.328 e. The van der Waals surface area contributed by atoms with Crippen LogP contribution >= 0.6 is 23.5 Å². The minimum absolute atomic E-state index is 0.0413. The van der Waals surface area contributed by atoms with Gasteiger partial charge in [0.15, 0.2) is 5.78 Å². The number of esters is 1. The van der Waals surface area contributed by atoms with Gasteiger partial charge in [0.25, 0.3) is 0 Å². The molecule has 200 valence electrons. The Kier molecular flexibility index (Phi) is 11.6. The van der Waals surface area contributed by atoms with Crippen molar-refractivity contribution in [1.29, 1.82) is 0 Å². The fourth-order valence-electron chi connectivity index (χ4n) is 5.11. The van der Waals surface area contributed by atoms with Gasteiger partial charge in [0, 0.05) is 11.6 Å². The molecule has 7 nitrogen and oxygen atoms in total. The first kappa shape index (κ1) is 29.0. The van der Waals surface area contributed by atoms with Gasteiger partial charge in [-0.15, -0.1) is 11.8 Å². The maximum atomic E-state index is 12.9. The van der Waals surface area contributed by atoms with E-state index in [4.69, 9.17) is 10.5 Å². The first-order valence-electron chi connectivity index (χ1n) is 13.1. The number of carbonyl (C=O) groups excluding carboxylic acids is 3. The van der Waals surface area contributed by atoms with Gasteiger partial charge >= 0.3 is 5.97 Å². The predicted octanol–water partition coefficient (Wildman–Crippen LogP) is 4.20. The highest BCUT2D eigenvalue weighted by atomic mass is 32.2. The Balaban J connectivity index is 1.52. The molecule has 4 N–H and O–H groups in total. The number of nitrogens with one attached hydrogen (secondary N) is 2. The van der Waals surface area contributed by atoms with Crippen LogP contribution < -0.4 is 21.1 Å². The van der Waals surface area contributed by atoms with Crippen LogP contribution in [0.5, 0.6) is 5.75 Å². The molecule has 36 heavy (non-hydrogen) atoms. The summed E-state index contributed by atoms with van der Waals surface area (Å²) in [6, 6.07) is 6.02. The molecule has 1 aromatic carbocycles. The third kappa shape index (κ3) is 8.50. The fraction of sp³-hybridized carbons (Fsp3) is 0.667. The van der Waals surface area contributed by atoms with Gasteiger partial charge in [0.05, 0.1) is 11.7 Å². The van der Waals surface area contributed by atoms with E-state index in [2.05, 4.69) is 24.5 Å². The number of nitrogens with two attached hydrogens (primary N) is 1. The van der Waals surface area contributed by atoms with Crippen LogP contribution in [0.3, 0.4) is 0 Å². The lowest BCUT2D eigenvalue weighted by atomic mass is 9.78. The fourth-order valence-corrected chi connectivity index (χ4v) is 6.55. The molecule has 1 heterocycles. The van der Waals surface area contributed by atoms with Crippen molar-refractivity contribution in [3.63, 3.8) is 0 Å². The molecule has 3 rings (SSSR count). The van der Waals surface area contributed by atoms with E-state index in [1.165, 1.54) is 43.9 Å². The van der Waals surface area contributed by atoms with E-state index < -0.39 is 12.0 Å². The van der Waals surface area contributed by atoms with Crippen molar-refractivity contribution in [3.8, 4) is 5.75 Å². The summed E-state index contributed by atoms with van der Waals surface area (Å²) in [5.74, 6) is 1.83. The lowest BCUT2D eigenvalue weighted by Gasteiger charge is -2.41. The zero-order valence-electron chi connectivity index (χ0n) is 21.7. The Morgan fingerprint density at radius 2 is 1.83 bits per heavy atom. The monoisotopic (exact) mass is 535 g/mol. The summed E-state index contributed by atoms with van der Waals surface area (Å²) in [6.45, 7) is 4.21. The van der Waals surface area contributed by atoms with Crippen LogP contribution in [0.4, 0.5) is 0 Å². The summed E-state index contributed by atoms with van der Waals surface area (Å²) in [7, 11) is 0. The predicted molar refractivity (Wildman–Crippen MR) is 148 cm³/mol. The molecule has 0 aromatic heterocycles. The second-order valence-electron chi connectivity index (χ2n) is 10.2. The van der Waals surface area contributed by atoms with Gasteiger partial charge in [-0.25, -0.2) is 4.79 Å². The molecule has 1 aliphatic heterocycles. The lowest BCUT2D eigenvalue weighted by molar-refractivity contribution is -0.136. The van der Waals surface area contributed by atoms with Crippen LogP contribution in [0, 0.1) is 17.8 Å². The molecule has 9 heteroatoms. The second kappa shape index (κ2) is 14.4. The Bertz CT molecular complexity index is 874. The lowest BCUT2D eigenvalue weighted by Crippen LogP contribution is -2.61. The van der Waals surface area contributed by atoms with Gasteiger partial charge in [-0.2, -0.15) is 11.8 Å². The summed E-state index contributed by atoms with van der Waals surface area (Å²) in [5, 5.41) is 6.70. The highest BCUT2D eigenvalue weighted by Crippen LogP contribution is 2.33. The number of hydrogen-bond donors (Lipinski definition) is 3. The number of Topliss-reactive ketones (excluding diaryl/α,β-unsaturated/α-hetero) is 1. The molecule has 2 aliphatic rings.